The van der Waals surface area contributed by atoms with Gasteiger partial charge in [0.05, 0.1) is 17.6 Å². The molecule has 2 aliphatic carbocycles. The van der Waals surface area contributed by atoms with E-state index in [2.05, 4.69) is 17.3 Å². The molecule has 2 aliphatic heterocycles. The molecule has 2 heterocycles. The molecule has 170 valence electrons. The molecular weight excluding hydrogens is 396 g/mol. The molecule has 2 N–H and O–H groups in total. The summed E-state index contributed by atoms with van der Waals surface area (Å²) in [5.41, 5.74) is 1.14. The van der Waals surface area contributed by atoms with Crippen LogP contribution in [0.5, 0.6) is 11.5 Å². The molecule has 4 aliphatic rings. The molecule has 5 atom stereocenters. The molecule has 7 nitrogen and oxygen atoms in total. The van der Waals surface area contributed by atoms with Crippen LogP contribution in [0.4, 0.5) is 0 Å². The molecule has 1 aromatic carbocycles. The highest BCUT2D eigenvalue weighted by atomic mass is 16.6. The Morgan fingerprint density at radius 3 is 2.84 bits per heavy atom. The Morgan fingerprint density at radius 2 is 2.13 bits per heavy atom. The Morgan fingerprint density at radius 1 is 1.35 bits per heavy atom. The summed E-state index contributed by atoms with van der Waals surface area (Å²) >= 11 is 0. The first-order chi connectivity index (χ1) is 14.6. The van der Waals surface area contributed by atoms with Gasteiger partial charge in [-0.25, -0.2) is 0 Å². The van der Waals surface area contributed by atoms with Gasteiger partial charge in [-0.1, -0.05) is 6.07 Å². The largest absolute Gasteiger partial charge is 0.504 e. The van der Waals surface area contributed by atoms with E-state index in [1.165, 1.54) is 5.56 Å². The third-order valence-electron chi connectivity index (χ3n) is 7.98. The Kier molecular flexibility index (Phi) is 4.64. The first-order valence-electron chi connectivity index (χ1n) is 11.4. The lowest BCUT2D eigenvalue weighted by Crippen LogP contribution is -2.78. The predicted molar refractivity (Wildman–Crippen MR) is 116 cm³/mol. The summed E-state index contributed by atoms with van der Waals surface area (Å²) in [4.78, 5) is 14.8. The minimum Gasteiger partial charge on any atom is -0.504 e. The number of likely N-dealkylation sites (tertiary alicyclic amines) is 1. The fraction of sp³-hybridized carbons (Fsp3) is 0.708. The maximum Gasteiger partial charge on any atom is 0.320 e. The van der Waals surface area contributed by atoms with Crippen molar-refractivity contribution >= 4 is 5.97 Å². The highest BCUT2D eigenvalue weighted by Crippen LogP contribution is 2.66. The Balaban J connectivity index is 1.54. The number of likely N-dealkylation sites (N-methyl/N-ethyl adjacent to an activating group) is 1. The number of hydrogen-bond donors (Lipinski definition) is 2. The number of aromatic hydroxyl groups is 1. The van der Waals surface area contributed by atoms with Crippen LogP contribution in [0.15, 0.2) is 12.1 Å². The molecule has 0 aromatic heterocycles. The van der Waals surface area contributed by atoms with Crippen LogP contribution in [0.1, 0.15) is 51.2 Å². The Labute approximate surface area is 184 Å². The van der Waals surface area contributed by atoms with Gasteiger partial charge in [-0.2, -0.15) is 0 Å². The molecule has 2 unspecified atom stereocenters. The molecule has 2 fully saturated rings. The second-order valence-corrected chi connectivity index (χ2v) is 10.6. The summed E-state index contributed by atoms with van der Waals surface area (Å²) in [7, 11) is 4.01. The van der Waals surface area contributed by atoms with E-state index < -0.39 is 5.60 Å². The maximum absolute atomic E-state index is 12.4. The molecule has 1 aromatic rings. The van der Waals surface area contributed by atoms with E-state index in [0.29, 0.717) is 5.75 Å². The zero-order valence-electron chi connectivity index (χ0n) is 19.2. The first kappa shape index (κ1) is 21.0. The number of phenolic OH excluding ortho intramolecular Hbond substituents is 1. The number of carbonyl (C=O) groups is 1. The van der Waals surface area contributed by atoms with Gasteiger partial charge in [0.15, 0.2) is 11.5 Å². The average molecular weight is 431 g/mol. The fourth-order valence-corrected chi connectivity index (χ4v) is 6.94. The van der Waals surface area contributed by atoms with Crippen LogP contribution in [0.2, 0.25) is 0 Å². The van der Waals surface area contributed by atoms with Gasteiger partial charge in [-0.15, -0.1) is 0 Å². The monoisotopic (exact) mass is 430 g/mol. The summed E-state index contributed by atoms with van der Waals surface area (Å²) in [6.45, 7) is 6.71. The van der Waals surface area contributed by atoms with Crippen LogP contribution in [-0.4, -0.2) is 72.6 Å². The lowest BCUT2D eigenvalue weighted by atomic mass is 9.48. The summed E-state index contributed by atoms with van der Waals surface area (Å²) in [5, 5.41) is 14.1. The summed E-state index contributed by atoms with van der Waals surface area (Å²) in [5.74, 6) is 0.534. The van der Waals surface area contributed by atoms with Gasteiger partial charge < -0.3 is 29.5 Å². The van der Waals surface area contributed by atoms with Crippen molar-refractivity contribution < 1.29 is 24.1 Å². The molecule has 5 rings (SSSR count). The van der Waals surface area contributed by atoms with E-state index in [-0.39, 0.29) is 47.5 Å². The summed E-state index contributed by atoms with van der Waals surface area (Å²) in [6, 6.07) is 4.02. The smallest absolute Gasteiger partial charge is 0.320 e. The van der Waals surface area contributed by atoms with Crippen molar-refractivity contribution in [2.45, 2.75) is 81.3 Å². The van der Waals surface area contributed by atoms with E-state index in [1.54, 1.807) is 6.07 Å². The predicted octanol–water partition coefficient (Wildman–Crippen LogP) is 2.13. The topological polar surface area (TPSA) is 80.3 Å². The number of esters is 1. The van der Waals surface area contributed by atoms with E-state index >= 15 is 0 Å². The number of hydrogen-bond acceptors (Lipinski definition) is 7. The second kappa shape index (κ2) is 6.83. The molecule has 1 spiro atoms. The third kappa shape index (κ3) is 2.79. The molecule has 2 bridgehead atoms. The molecule has 1 saturated carbocycles. The standard InChI is InChI=1S/C24H34N2O5/c1-22(2,3)31-18(28)13-25-15-8-9-24(29-5)17-12-14-6-7-16(27)20-19(14)23(24,21(15)30-20)10-11-26(17)4/h6-7,15,17,21,25,27H,8-13H2,1-5H3/t15-,17?,21+,23?,24-/m1/s1. The van der Waals surface area contributed by atoms with Gasteiger partial charge in [0.1, 0.15) is 11.7 Å². The van der Waals surface area contributed by atoms with Crippen molar-refractivity contribution in [3.63, 3.8) is 0 Å². The van der Waals surface area contributed by atoms with Gasteiger partial charge >= 0.3 is 5.97 Å². The number of nitrogens with one attached hydrogen (secondary N) is 1. The molecule has 31 heavy (non-hydrogen) atoms. The number of rotatable bonds is 4. The average Bonchev–Trinajstić information content (AvgIpc) is 3.05. The molecule has 0 radical (unpaired) electrons. The number of ether oxygens (including phenoxy) is 3. The van der Waals surface area contributed by atoms with Crippen LogP contribution in [0.3, 0.4) is 0 Å². The Hall–Kier alpha value is -1.83. The zero-order valence-corrected chi connectivity index (χ0v) is 19.2. The van der Waals surface area contributed by atoms with Crippen molar-refractivity contribution in [1.82, 2.24) is 10.2 Å². The number of carbonyl (C=O) groups excluding carboxylic acids is 1. The summed E-state index contributed by atoms with van der Waals surface area (Å²) < 4.78 is 18.5. The van der Waals surface area contributed by atoms with E-state index in [1.807, 2.05) is 33.9 Å². The van der Waals surface area contributed by atoms with E-state index in [4.69, 9.17) is 14.2 Å². The van der Waals surface area contributed by atoms with Crippen LogP contribution < -0.4 is 10.1 Å². The lowest BCUT2D eigenvalue weighted by Gasteiger charge is -2.65. The minimum atomic E-state index is -0.513. The van der Waals surface area contributed by atoms with E-state index in [0.717, 1.165) is 37.8 Å². The van der Waals surface area contributed by atoms with Crippen LogP contribution >= 0.6 is 0 Å². The number of phenols is 1. The highest BCUT2D eigenvalue weighted by molar-refractivity contribution is 5.72. The second-order valence-electron chi connectivity index (χ2n) is 10.6. The van der Waals surface area contributed by atoms with Crippen molar-refractivity contribution in [2.24, 2.45) is 0 Å². The number of piperidine rings is 1. The summed E-state index contributed by atoms with van der Waals surface area (Å²) in [6.07, 6.45) is 3.28. The molecule has 7 heteroatoms. The first-order valence-corrected chi connectivity index (χ1v) is 11.4. The van der Waals surface area contributed by atoms with Crippen molar-refractivity contribution in [3.05, 3.63) is 23.3 Å². The highest BCUT2D eigenvalue weighted by Gasteiger charge is 2.73. The lowest BCUT2D eigenvalue weighted by molar-refractivity contribution is -0.203. The zero-order chi connectivity index (χ0) is 22.2. The van der Waals surface area contributed by atoms with Gasteiger partial charge in [-0.05, 0) is 71.7 Å². The molecule has 0 amide bonds. The number of methoxy groups -OCH3 is 1. The van der Waals surface area contributed by atoms with Gasteiger partial charge in [0, 0.05) is 24.8 Å². The minimum absolute atomic E-state index is 0.0300. The van der Waals surface area contributed by atoms with Crippen LogP contribution in [0.25, 0.3) is 0 Å². The number of benzene rings is 1. The van der Waals surface area contributed by atoms with Gasteiger partial charge in [0.25, 0.3) is 0 Å². The van der Waals surface area contributed by atoms with Crippen molar-refractivity contribution in [1.29, 1.82) is 0 Å². The van der Waals surface area contributed by atoms with Gasteiger partial charge in [-0.3, -0.25) is 4.79 Å². The maximum atomic E-state index is 12.4. The molecule has 1 saturated heterocycles. The fourth-order valence-electron chi connectivity index (χ4n) is 6.94. The van der Waals surface area contributed by atoms with Gasteiger partial charge in [0.2, 0.25) is 0 Å². The van der Waals surface area contributed by atoms with E-state index in [9.17, 15) is 9.90 Å². The number of nitrogens with zero attached hydrogens (tertiary/aromatic N) is 1. The Bertz CT molecular complexity index is 912. The quantitative estimate of drug-likeness (QED) is 0.709. The third-order valence-corrected chi connectivity index (χ3v) is 7.98. The van der Waals surface area contributed by atoms with Crippen molar-refractivity contribution in [3.8, 4) is 11.5 Å². The van der Waals surface area contributed by atoms with Crippen LogP contribution in [-0.2, 0) is 26.1 Å². The molecular formula is C24H34N2O5. The SMILES string of the molecule is CO[C@@]12CC[C@@H](NCC(=O)OC(C)(C)C)[C@@H]3Oc4c(O)ccc5c4C31CCN(C)C2C5. The van der Waals surface area contributed by atoms with Crippen molar-refractivity contribution in [2.75, 3.05) is 27.2 Å². The normalized spacial score (nSPS) is 36.0. The van der Waals surface area contributed by atoms with Crippen LogP contribution in [0, 0.1) is 0 Å².